The Labute approximate surface area is 131 Å². The number of rotatable bonds is 4. The monoisotopic (exact) mass is 349 g/mol. The summed E-state index contributed by atoms with van der Waals surface area (Å²) < 4.78 is 11.7. The van der Waals surface area contributed by atoms with Crippen molar-refractivity contribution in [3.05, 3.63) is 28.4 Å². The summed E-state index contributed by atoms with van der Waals surface area (Å²) >= 11 is 3.50. The van der Waals surface area contributed by atoms with Gasteiger partial charge in [-0.25, -0.2) is 9.97 Å². The molecule has 1 aliphatic rings. The van der Waals surface area contributed by atoms with E-state index < -0.39 is 0 Å². The second kappa shape index (κ2) is 5.89. The summed E-state index contributed by atoms with van der Waals surface area (Å²) in [4.78, 5) is 9.17. The summed E-state index contributed by atoms with van der Waals surface area (Å²) in [6.45, 7) is 5.20. The molecule has 1 aromatic heterocycles. The number of aromatic nitrogens is 2. The lowest BCUT2D eigenvalue weighted by molar-refractivity contribution is 0.173. The predicted octanol–water partition coefficient (Wildman–Crippen LogP) is 3.63. The van der Waals surface area contributed by atoms with Gasteiger partial charge in [-0.15, -0.1) is 0 Å². The lowest BCUT2D eigenvalue weighted by atomic mass is 10.1. The lowest BCUT2D eigenvalue weighted by Gasteiger charge is -2.09. The molecule has 1 N–H and O–H groups in total. The number of fused-ring (bicyclic) bond motifs is 1. The molecule has 0 saturated heterocycles. The van der Waals surface area contributed by atoms with Crippen molar-refractivity contribution >= 4 is 21.7 Å². The van der Waals surface area contributed by atoms with Crippen LogP contribution in [-0.4, -0.2) is 23.3 Å². The molecular weight excluding hydrogens is 334 g/mol. The van der Waals surface area contributed by atoms with E-state index in [0.29, 0.717) is 5.82 Å². The molecule has 0 aliphatic carbocycles. The average molecular weight is 350 g/mol. The highest BCUT2D eigenvalue weighted by molar-refractivity contribution is 9.10. The molecular formula is C15H16BrN3O2. The van der Waals surface area contributed by atoms with Gasteiger partial charge >= 0.3 is 0 Å². The maximum atomic E-state index is 5.45. The van der Waals surface area contributed by atoms with Gasteiger partial charge in [-0.1, -0.05) is 6.92 Å². The van der Waals surface area contributed by atoms with Gasteiger partial charge in [0.05, 0.1) is 4.47 Å². The number of nitrogens with one attached hydrogen (secondary N) is 1. The first-order valence-corrected chi connectivity index (χ1v) is 7.72. The molecule has 0 unspecified atom stereocenters. The van der Waals surface area contributed by atoms with E-state index in [-0.39, 0.29) is 6.79 Å². The van der Waals surface area contributed by atoms with Gasteiger partial charge in [-0.05, 0) is 41.4 Å². The van der Waals surface area contributed by atoms with Crippen LogP contribution in [0.3, 0.4) is 0 Å². The zero-order valence-corrected chi connectivity index (χ0v) is 13.5. The van der Waals surface area contributed by atoms with Gasteiger partial charge in [-0.3, -0.25) is 0 Å². The highest BCUT2D eigenvalue weighted by Crippen LogP contribution is 2.42. The molecule has 5 nitrogen and oxygen atoms in total. The Balaban J connectivity index is 2.07. The number of aryl methyl sites for hydroxylation is 1. The minimum absolute atomic E-state index is 0.246. The fourth-order valence-corrected chi connectivity index (χ4v) is 2.73. The van der Waals surface area contributed by atoms with Crippen LogP contribution in [0.1, 0.15) is 19.5 Å². The lowest BCUT2D eigenvalue weighted by Crippen LogP contribution is -2.03. The van der Waals surface area contributed by atoms with Crippen molar-refractivity contribution in [2.75, 3.05) is 18.7 Å². The summed E-state index contributed by atoms with van der Waals surface area (Å²) in [5.41, 5.74) is 1.91. The van der Waals surface area contributed by atoms with E-state index in [0.717, 1.165) is 46.0 Å². The smallest absolute Gasteiger partial charge is 0.231 e. The van der Waals surface area contributed by atoms with Gasteiger partial charge < -0.3 is 14.8 Å². The third-order valence-corrected chi connectivity index (χ3v) is 3.77. The first kappa shape index (κ1) is 14.1. The van der Waals surface area contributed by atoms with Crippen molar-refractivity contribution in [1.82, 2.24) is 9.97 Å². The zero-order valence-electron chi connectivity index (χ0n) is 11.9. The molecule has 21 heavy (non-hydrogen) atoms. The van der Waals surface area contributed by atoms with Gasteiger partial charge in [0.25, 0.3) is 0 Å². The number of benzene rings is 1. The first-order valence-electron chi connectivity index (χ1n) is 6.92. The summed E-state index contributed by atoms with van der Waals surface area (Å²) in [6.07, 6.45) is 0.861. The van der Waals surface area contributed by atoms with E-state index >= 15 is 0 Å². The van der Waals surface area contributed by atoms with Crippen molar-refractivity contribution in [2.45, 2.75) is 20.3 Å². The number of nitrogens with zero attached hydrogens (tertiary/aromatic N) is 2. The van der Waals surface area contributed by atoms with Crippen molar-refractivity contribution in [3.8, 4) is 22.9 Å². The molecule has 0 radical (unpaired) electrons. The normalized spacial score (nSPS) is 12.5. The number of hydrogen-bond donors (Lipinski definition) is 1. The Hall–Kier alpha value is -1.82. The maximum Gasteiger partial charge on any atom is 0.231 e. The van der Waals surface area contributed by atoms with Crippen molar-refractivity contribution in [2.24, 2.45) is 0 Å². The molecule has 6 heteroatoms. The van der Waals surface area contributed by atoms with Gasteiger partial charge in [0.15, 0.2) is 17.3 Å². The molecule has 1 aliphatic heterocycles. The molecule has 0 atom stereocenters. The van der Waals surface area contributed by atoms with Crippen LogP contribution in [0, 0.1) is 0 Å². The Kier molecular flexibility index (Phi) is 3.96. The van der Waals surface area contributed by atoms with E-state index in [1.807, 2.05) is 25.1 Å². The minimum Gasteiger partial charge on any atom is -0.454 e. The molecule has 3 rings (SSSR count). The van der Waals surface area contributed by atoms with Crippen molar-refractivity contribution < 1.29 is 9.47 Å². The van der Waals surface area contributed by atoms with Crippen molar-refractivity contribution in [3.63, 3.8) is 0 Å². The van der Waals surface area contributed by atoms with E-state index in [1.165, 1.54) is 0 Å². The number of anilines is 1. The Morgan fingerprint density at radius 3 is 2.81 bits per heavy atom. The summed E-state index contributed by atoms with van der Waals surface area (Å²) in [5.74, 6) is 2.98. The number of halogens is 1. The quantitative estimate of drug-likeness (QED) is 0.913. The van der Waals surface area contributed by atoms with Crippen LogP contribution >= 0.6 is 15.9 Å². The van der Waals surface area contributed by atoms with E-state index in [4.69, 9.17) is 9.47 Å². The van der Waals surface area contributed by atoms with Crippen LogP contribution in [0.4, 0.5) is 5.82 Å². The van der Waals surface area contributed by atoms with Crippen LogP contribution in [0.2, 0.25) is 0 Å². The first-order chi connectivity index (χ1) is 10.2. The number of ether oxygens (including phenoxy) is 2. The van der Waals surface area contributed by atoms with Crippen LogP contribution in [0.5, 0.6) is 11.5 Å². The second-order valence-electron chi connectivity index (χ2n) is 4.64. The predicted molar refractivity (Wildman–Crippen MR) is 84.8 cm³/mol. The molecule has 0 fully saturated rings. The second-order valence-corrected chi connectivity index (χ2v) is 5.50. The Morgan fingerprint density at radius 1 is 1.19 bits per heavy atom. The van der Waals surface area contributed by atoms with Crippen LogP contribution in [-0.2, 0) is 6.42 Å². The molecule has 110 valence electrons. The summed E-state index contributed by atoms with van der Waals surface area (Å²) in [7, 11) is 0. The molecule has 2 heterocycles. The molecule has 0 amide bonds. The molecule has 0 saturated carbocycles. The fourth-order valence-electron chi connectivity index (χ4n) is 2.18. The van der Waals surface area contributed by atoms with E-state index in [2.05, 4.69) is 38.1 Å². The largest absolute Gasteiger partial charge is 0.454 e. The minimum atomic E-state index is 0.246. The van der Waals surface area contributed by atoms with E-state index in [9.17, 15) is 0 Å². The summed E-state index contributed by atoms with van der Waals surface area (Å²) in [6, 6.07) is 5.85. The molecule has 2 aromatic rings. The summed E-state index contributed by atoms with van der Waals surface area (Å²) in [5, 5.41) is 3.24. The highest BCUT2D eigenvalue weighted by Gasteiger charge is 2.19. The maximum absolute atomic E-state index is 5.45. The Morgan fingerprint density at radius 2 is 2.05 bits per heavy atom. The third kappa shape index (κ3) is 2.81. The van der Waals surface area contributed by atoms with Gasteiger partial charge in [-0.2, -0.15) is 0 Å². The fraction of sp³-hybridized carbons (Fsp3) is 0.333. The SMILES string of the molecule is CCNc1cc(CC)nc(-c2cc(Br)c3c(c2)OCO3)n1. The van der Waals surface area contributed by atoms with Gasteiger partial charge in [0.1, 0.15) is 5.82 Å². The Bertz CT molecular complexity index is 676. The van der Waals surface area contributed by atoms with Crippen LogP contribution < -0.4 is 14.8 Å². The number of hydrogen-bond acceptors (Lipinski definition) is 5. The van der Waals surface area contributed by atoms with Crippen LogP contribution in [0.15, 0.2) is 22.7 Å². The molecule has 0 spiro atoms. The van der Waals surface area contributed by atoms with E-state index in [1.54, 1.807) is 0 Å². The van der Waals surface area contributed by atoms with Gasteiger partial charge in [0.2, 0.25) is 6.79 Å². The van der Waals surface area contributed by atoms with Crippen molar-refractivity contribution in [1.29, 1.82) is 0 Å². The van der Waals surface area contributed by atoms with Gasteiger partial charge in [0, 0.05) is 23.9 Å². The standard InChI is InChI=1S/C15H16BrN3O2/c1-3-10-7-13(17-4-2)19-15(18-10)9-5-11(16)14-12(6-9)20-8-21-14/h5-7H,3-4,8H2,1-2H3,(H,17,18,19). The highest BCUT2D eigenvalue weighted by atomic mass is 79.9. The molecule has 0 bridgehead atoms. The topological polar surface area (TPSA) is 56.3 Å². The zero-order chi connectivity index (χ0) is 14.8. The molecule has 1 aromatic carbocycles. The third-order valence-electron chi connectivity index (χ3n) is 3.18. The average Bonchev–Trinajstić information content (AvgIpc) is 2.96. The van der Waals surface area contributed by atoms with Crippen LogP contribution in [0.25, 0.3) is 11.4 Å².